The van der Waals surface area contributed by atoms with Crippen molar-refractivity contribution in [1.29, 1.82) is 0 Å². The van der Waals surface area contributed by atoms with Gasteiger partial charge in [0.25, 0.3) is 0 Å². The van der Waals surface area contributed by atoms with E-state index in [1.807, 2.05) is 0 Å². The summed E-state index contributed by atoms with van der Waals surface area (Å²) in [5, 5.41) is 10.3. The number of nitrogens with zero attached hydrogens (tertiary/aromatic N) is 1. The Morgan fingerprint density at radius 2 is 1.96 bits per heavy atom. The molecular formula is C17H10Cl2FNO3. The largest absolute Gasteiger partial charge is 0.496 e. The number of pyridine rings is 1. The van der Waals surface area contributed by atoms with Gasteiger partial charge in [-0.2, -0.15) is 0 Å². The van der Waals surface area contributed by atoms with Crippen LogP contribution in [0.4, 0.5) is 4.39 Å². The number of carbonyl (C=O) groups is 1. The number of rotatable bonds is 3. The van der Waals surface area contributed by atoms with Crippen LogP contribution in [0.2, 0.25) is 10.0 Å². The van der Waals surface area contributed by atoms with Crippen LogP contribution in [-0.2, 0) is 0 Å². The third-order valence-corrected chi connectivity index (χ3v) is 4.01. The van der Waals surface area contributed by atoms with E-state index in [0.29, 0.717) is 21.7 Å². The molecule has 3 rings (SSSR count). The van der Waals surface area contributed by atoms with E-state index in [1.165, 1.54) is 43.5 Å². The lowest BCUT2D eigenvalue weighted by Crippen LogP contribution is -2.01. The molecule has 0 unspecified atom stereocenters. The minimum atomic E-state index is -1.17. The molecule has 2 aromatic carbocycles. The molecule has 0 saturated carbocycles. The van der Waals surface area contributed by atoms with Gasteiger partial charge in [-0.3, -0.25) is 0 Å². The number of aromatic nitrogens is 1. The molecule has 24 heavy (non-hydrogen) atoms. The highest BCUT2D eigenvalue weighted by molar-refractivity contribution is 6.38. The third kappa shape index (κ3) is 2.88. The summed E-state index contributed by atoms with van der Waals surface area (Å²) in [7, 11) is 1.43. The third-order valence-electron chi connectivity index (χ3n) is 3.50. The minimum absolute atomic E-state index is 0.0364. The second kappa shape index (κ2) is 6.26. The van der Waals surface area contributed by atoms with Gasteiger partial charge in [0.15, 0.2) is 0 Å². The number of ether oxygens (including phenoxy) is 1. The van der Waals surface area contributed by atoms with E-state index in [2.05, 4.69) is 4.98 Å². The molecule has 0 aliphatic heterocycles. The molecule has 1 aromatic heterocycles. The first-order valence-corrected chi connectivity index (χ1v) is 7.53. The van der Waals surface area contributed by atoms with Gasteiger partial charge in [-0.15, -0.1) is 0 Å². The number of methoxy groups -OCH3 is 1. The Kier molecular flexibility index (Phi) is 4.30. The van der Waals surface area contributed by atoms with Crippen molar-refractivity contribution in [1.82, 2.24) is 4.98 Å². The average Bonchev–Trinajstić information content (AvgIpc) is 2.53. The molecule has 3 aromatic rings. The number of fused-ring (bicyclic) bond motifs is 1. The minimum Gasteiger partial charge on any atom is -0.496 e. The highest BCUT2D eigenvalue weighted by Gasteiger charge is 2.18. The van der Waals surface area contributed by atoms with E-state index in [0.717, 1.165) is 0 Å². The zero-order valence-corrected chi connectivity index (χ0v) is 13.8. The zero-order valence-electron chi connectivity index (χ0n) is 12.3. The van der Waals surface area contributed by atoms with E-state index in [4.69, 9.17) is 27.9 Å². The summed E-state index contributed by atoms with van der Waals surface area (Å²) in [5.41, 5.74) is 0.793. The highest BCUT2D eigenvalue weighted by atomic mass is 35.5. The maximum atomic E-state index is 13.6. The maximum Gasteiger partial charge on any atom is 0.336 e. The van der Waals surface area contributed by atoms with E-state index in [9.17, 15) is 14.3 Å². The SMILES string of the molecule is COc1ccc(F)cc1-c1cc(C(=O)O)c2cc(Cl)cc(Cl)c2n1. The fourth-order valence-electron chi connectivity index (χ4n) is 2.45. The maximum absolute atomic E-state index is 13.6. The van der Waals surface area contributed by atoms with Crippen LogP contribution < -0.4 is 4.74 Å². The lowest BCUT2D eigenvalue weighted by atomic mass is 10.0. The molecule has 0 amide bonds. The van der Waals surface area contributed by atoms with Gasteiger partial charge in [-0.25, -0.2) is 14.2 Å². The average molecular weight is 366 g/mol. The summed E-state index contributed by atoms with van der Waals surface area (Å²) in [5.74, 6) is -1.30. The first-order chi connectivity index (χ1) is 11.4. The summed E-state index contributed by atoms with van der Waals surface area (Å²) in [6, 6.07) is 8.20. The van der Waals surface area contributed by atoms with Crippen LogP contribution in [0.15, 0.2) is 36.4 Å². The monoisotopic (exact) mass is 365 g/mol. The Labute approximate surface area is 146 Å². The van der Waals surface area contributed by atoms with Crippen molar-refractivity contribution < 1.29 is 19.0 Å². The van der Waals surface area contributed by atoms with Gasteiger partial charge in [0, 0.05) is 16.0 Å². The Hall–Kier alpha value is -2.37. The molecular weight excluding hydrogens is 356 g/mol. The summed E-state index contributed by atoms with van der Waals surface area (Å²) >= 11 is 12.1. The quantitative estimate of drug-likeness (QED) is 0.704. The molecule has 0 fully saturated rings. The molecule has 0 aliphatic carbocycles. The number of hydrogen-bond acceptors (Lipinski definition) is 3. The highest BCUT2D eigenvalue weighted by Crippen LogP contribution is 2.35. The van der Waals surface area contributed by atoms with Gasteiger partial charge in [-0.1, -0.05) is 23.2 Å². The van der Waals surface area contributed by atoms with Crippen molar-refractivity contribution in [2.24, 2.45) is 0 Å². The van der Waals surface area contributed by atoms with Gasteiger partial charge < -0.3 is 9.84 Å². The van der Waals surface area contributed by atoms with Gasteiger partial charge in [0.1, 0.15) is 11.6 Å². The van der Waals surface area contributed by atoms with Crippen LogP contribution in [0, 0.1) is 5.82 Å². The molecule has 122 valence electrons. The molecule has 0 radical (unpaired) electrons. The number of halogens is 3. The van der Waals surface area contributed by atoms with Crippen molar-refractivity contribution in [2.45, 2.75) is 0 Å². The second-order valence-corrected chi connectivity index (χ2v) is 5.83. The van der Waals surface area contributed by atoms with Crippen LogP contribution in [-0.4, -0.2) is 23.2 Å². The first kappa shape index (κ1) is 16.5. The number of carboxylic acid groups (broad SMARTS) is 1. The van der Waals surface area contributed by atoms with E-state index < -0.39 is 11.8 Å². The Bertz CT molecular complexity index is 976. The molecule has 0 aliphatic rings. The van der Waals surface area contributed by atoms with Crippen LogP contribution >= 0.6 is 23.2 Å². The number of carboxylic acids is 1. The molecule has 0 atom stereocenters. The molecule has 1 N–H and O–H groups in total. The Balaban J connectivity index is 2.39. The predicted octanol–water partition coefficient (Wildman–Crippen LogP) is 5.05. The van der Waals surface area contributed by atoms with E-state index >= 15 is 0 Å². The van der Waals surface area contributed by atoms with Crippen LogP contribution in [0.1, 0.15) is 10.4 Å². The fraction of sp³-hybridized carbons (Fsp3) is 0.0588. The second-order valence-electron chi connectivity index (χ2n) is 4.99. The Morgan fingerprint density at radius 1 is 1.21 bits per heavy atom. The molecule has 0 spiro atoms. The van der Waals surface area contributed by atoms with Gasteiger partial charge in [0.2, 0.25) is 0 Å². The van der Waals surface area contributed by atoms with Gasteiger partial charge in [-0.05, 0) is 36.4 Å². The number of aromatic carboxylic acids is 1. The number of benzene rings is 2. The summed E-state index contributed by atoms with van der Waals surface area (Å²) in [6.07, 6.45) is 0. The van der Waals surface area contributed by atoms with E-state index in [-0.39, 0.29) is 21.8 Å². The van der Waals surface area contributed by atoms with Crippen molar-refractivity contribution in [3.8, 4) is 17.0 Å². The van der Waals surface area contributed by atoms with Crippen molar-refractivity contribution in [3.63, 3.8) is 0 Å². The number of hydrogen-bond donors (Lipinski definition) is 1. The van der Waals surface area contributed by atoms with Crippen LogP contribution in [0.25, 0.3) is 22.2 Å². The van der Waals surface area contributed by atoms with E-state index in [1.54, 1.807) is 0 Å². The van der Waals surface area contributed by atoms with Crippen molar-refractivity contribution in [2.75, 3.05) is 7.11 Å². The van der Waals surface area contributed by atoms with Gasteiger partial charge in [0.05, 0.1) is 28.9 Å². The predicted molar refractivity (Wildman–Crippen MR) is 90.7 cm³/mol. The van der Waals surface area contributed by atoms with Crippen LogP contribution in [0.3, 0.4) is 0 Å². The summed E-state index contributed by atoms with van der Waals surface area (Å²) in [4.78, 5) is 16.0. The smallest absolute Gasteiger partial charge is 0.336 e. The van der Waals surface area contributed by atoms with Crippen molar-refractivity contribution in [3.05, 3.63) is 57.8 Å². The molecule has 0 bridgehead atoms. The summed E-state index contributed by atoms with van der Waals surface area (Å²) in [6.45, 7) is 0. The Morgan fingerprint density at radius 3 is 2.62 bits per heavy atom. The van der Waals surface area contributed by atoms with Gasteiger partial charge >= 0.3 is 5.97 Å². The standard InChI is InChI=1S/C17H10Cl2FNO3/c1-24-15-3-2-9(20)6-12(15)14-7-11(17(22)23)10-4-8(18)5-13(19)16(10)21-14/h2-7H,1H3,(H,22,23). The topological polar surface area (TPSA) is 59.4 Å². The molecule has 4 nitrogen and oxygen atoms in total. The molecule has 0 saturated heterocycles. The molecule has 1 heterocycles. The lowest BCUT2D eigenvalue weighted by Gasteiger charge is -2.12. The lowest BCUT2D eigenvalue weighted by molar-refractivity contribution is 0.0699. The fourth-order valence-corrected chi connectivity index (χ4v) is 2.98. The molecule has 7 heteroatoms. The normalized spacial score (nSPS) is 10.8. The first-order valence-electron chi connectivity index (χ1n) is 6.77. The summed E-state index contributed by atoms with van der Waals surface area (Å²) < 4.78 is 18.8. The van der Waals surface area contributed by atoms with Crippen LogP contribution in [0.5, 0.6) is 5.75 Å². The van der Waals surface area contributed by atoms with Crippen molar-refractivity contribution >= 4 is 40.1 Å². The zero-order chi connectivity index (χ0) is 17.4.